The number of benzene rings is 1. The Morgan fingerprint density at radius 2 is 1.72 bits per heavy atom. The molecule has 0 radical (unpaired) electrons. The molecule has 0 unspecified atom stereocenters. The molecule has 25 heavy (non-hydrogen) atoms. The van der Waals surface area contributed by atoms with Crippen LogP contribution in [0.3, 0.4) is 0 Å². The van der Waals surface area contributed by atoms with Gasteiger partial charge in [-0.2, -0.15) is 0 Å². The Bertz CT molecular complexity index is 805. The zero-order chi connectivity index (χ0) is 18.4. The maximum Gasteiger partial charge on any atom is 0.253 e. The highest BCUT2D eigenvalue weighted by atomic mass is 16.2. The Labute approximate surface area is 147 Å². The van der Waals surface area contributed by atoms with E-state index in [0.29, 0.717) is 24.3 Å². The van der Waals surface area contributed by atoms with Crippen LogP contribution in [0, 0.1) is 6.92 Å². The summed E-state index contributed by atoms with van der Waals surface area (Å²) >= 11 is 0. The van der Waals surface area contributed by atoms with E-state index in [1.54, 1.807) is 41.4 Å². The number of hydrogen-bond donors (Lipinski definition) is 1. The lowest BCUT2D eigenvalue weighted by Gasteiger charge is -2.18. The second-order valence-electron chi connectivity index (χ2n) is 5.77. The van der Waals surface area contributed by atoms with Gasteiger partial charge in [0.25, 0.3) is 11.5 Å². The van der Waals surface area contributed by atoms with E-state index in [1.165, 1.54) is 10.6 Å². The van der Waals surface area contributed by atoms with Crippen LogP contribution in [0.4, 0.5) is 5.69 Å². The molecule has 2 aromatic rings. The molecule has 0 atom stereocenters. The van der Waals surface area contributed by atoms with Crippen molar-refractivity contribution >= 4 is 17.5 Å². The van der Waals surface area contributed by atoms with Crippen LogP contribution in [0.25, 0.3) is 0 Å². The van der Waals surface area contributed by atoms with Crippen LogP contribution in [-0.4, -0.2) is 34.4 Å². The van der Waals surface area contributed by atoms with Gasteiger partial charge in [-0.1, -0.05) is 0 Å². The van der Waals surface area contributed by atoms with Gasteiger partial charge in [0.15, 0.2) is 0 Å². The lowest BCUT2D eigenvalue weighted by molar-refractivity contribution is -0.116. The topological polar surface area (TPSA) is 71.4 Å². The molecule has 0 saturated carbocycles. The molecule has 2 rings (SSSR count). The second kappa shape index (κ2) is 8.28. The molecular weight excluding hydrogens is 318 g/mol. The van der Waals surface area contributed by atoms with Crippen LogP contribution in [0.1, 0.15) is 29.8 Å². The number of pyridine rings is 1. The summed E-state index contributed by atoms with van der Waals surface area (Å²) in [6, 6.07) is 10.0. The SMILES string of the molecule is CCN(CC)C(=O)c1ccc(NC(=O)Cn2ccc(C)cc2=O)cc1. The van der Waals surface area contributed by atoms with Crippen LogP contribution < -0.4 is 10.9 Å². The Hall–Kier alpha value is -2.89. The van der Waals surface area contributed by atoms with Crippen molar-refractivity contribution in [3.8, 4) is 0 Å². The predicted molar refractivity (Wildman–Crippen MR) is 97.8 cm³/mol. The minimum Gasteiger partial charge on any atom is -0.339 e. The van der Waals surface area contributed by atoms with Gasteiger partial charge in [0, 0.05) is 36.6 Å². The average molecular weight is 341 g/mol. The van der Waals surface area contributed by atoms with Crippen molar-refractivity contribution in [1.82, 2.24) is 9.47 Å². The molecule has 0 bridgehead atoms. The van der Waals surface area contributed by atoms with Crippen molar-refractivity contribution in [3.63, 3.8) is 0 Å². The van der Waals surface area contributed by atoms with Crippen LogP contribution in [0.15, 0.2) is 47.4 Å². The van der Waals surface area contributed by atoms with E-state index in [2.05, 4.69) is 5.32 Å². The molecule has 0 spiro atoms. The fourth-order valence-corrected chi connectivity index (χ4v) is 2.48. The van der Waals surface area contributed by atoms with E-state index in [4.69, 9.17) is 0 Å². The Kier molecular flexibility index (Phi) is 6.11. The monoisotopic (exact) mass is 341 g/mol. The molecule has 1 heterocycles. The number of carbonyl (C=O) groups excluding carboxylic acids is 2. The fraction of sp³-hybridized carbons (Fsp3) is 0.316. The number of hydrogen-bond acceptors (Lipinski definition) is 3. The van der Waals surface area contributed by atoms with Gasteiger partial charge in [-0.25, -0.2) is 0 Å². The summed E-state index contributed by atoms with van der Waals surface area (Å²) in [5.41, 5.74) is 1.81. The predicted octanol–water partition coefficient (Wildman–Crippen LogP) is 2.28. The first-order chi connectivity index (χ1) is 11.9. The molecule has 132 valence electrons. The maximum absolute atomic E-state index is 12.2. The number of amides is 2. The number of nitrogens with one attached hydrogen (secondary N) is 1. The van der Waals surface area contributed by atoms with Crippen LogP contribution in [0.2, 0.25) is 0 Å². The molecule has 2 amide bonds. The molecule has 0 fully saturated rings. The van der Waals surface area contributed by atoms with E-state index in [-0.39, 0.29) is 23.9 Å². The molecule has 0 aliphatic rings. The summed E-state index contributed by atoms with van der Waals surface area (Å²) in [4.78, 5) is 37.9. The largest absolute Gasteiger partial charge is 0.339 e. The summed E-state index contributed by atoms with van der Waals surface area (Å²) in [6.07, 6.45) is 1.60. The molecule has 0 aliphatic carbocycles. The minimum atomic E-state index is -0.297. The van der Waals surface area contributed by atoms with Gasteiger partial charge in [-0.3, -0.25) is 14.4 Å². The molecule has 1 N–H and O–H groups in total. The van der Waals surface area contributed by atoms with E-state index < -0.39 is 0 Å². The highest BCUT2D eigenvalue weighted by Crippen LogP contribution is 2.12. The second-order valence-corrected chi connectivity index (χ2v) is 5.77. The molecule has 6 heteroatoms. The highest BCUT2D eigenvalue weighted by molar-refractivity contribution is 5.95. The van der Waals surface area contributed by atoms with E-state index in [1.807, 2.05) is 20.8 Å². The zero-order valence-corrected chi connectivity index (χ0v) is 14.8. The summed E-state index contributed by atoms with van der Waals surface area (Å²) < 4.78 is 1.35. The zero-order valence-electron chi connectivity index (χ0n) is 14.8. The Morgan fingerprint density at radius 1 is 1.08 bits per heavy atom. The van der Waals surface area contributed by atoms with Crippen LogP contribution >= 0.6 is 0 Å². The third-order valence-electron chi connectivity index (χ3n) is 3.93. The number of anilines is 1. The third kappa shape index (κ3) is 4.79. The Balaban J connectivity index is 2.02. The van der Waals surface area contributed by atoms with Gasteiger partial charge in [0.1, 0.15) is 6.54 Å². The summed E-state index contributed by atoms with van der Waals surface area (Å²) in [7, 11) is 0. The van der Waals surface area contributed by atoms with Gasteiger partial charge in [0.2, 0.25) is 5.91 Å². The summed E-state index contributed by atoms with van der Waals surface area (Å²) in [5.74, 6) is -0.331. The fourth-order valence-electron chi connectivity index (χ4n) is 2.48. The van der Waals surface area contributed by atoms with Gasteiger partial charge >= 0.3 is 0 Å². The van der Waals surface area contributed by atoms with Gasteiger partial charge in [-0.15, -0.1) is 0 Å². The summed E-state index contributed by atoms with van der Waals surface area (Å²) in [6.45, 7) is 6.94. The molecule has 0 aliphatic heterocycles. The average Bonchev–Trinajstić information content (AvgIpc) is 2.59. The van der Waals surface area contributed by atoms with Gasteiger partial charge < -0.3 is 14.8 Å². The number of aromatic nitrogens is 1. The minimum absolute atomic E-state index is 0.0333. The molecule has 0 saturated heterocycles. The van der Waals surface area contributed by atoms with Crippen molar-refractivity contribution < 1.29 is 9.59 Å². The third-order valence-corrected chi connectivity index (χ3v) is 3.93. The molecular formula is C19H23N3O3. The normalized spacial score (nSPS) is 10.4. The van der Waals surface area contributed by atoms with Crippen LogP contribution in [0.5, 0.6) is 0 Å². The van der Waals surface area contributed by atoms with E-state index in [9.17, 15) is 14.4 Å². The number of rotatable bonds is 6. The Morgan fingerprint density at radius 3 is 2.28 bits per heavy atom. The van der Waals surface area contributed by atoms with Crippen molar-refractivity contribution in [2.45, 2.75) is 27.3 Å². The lowest BCUT2D eigenvalue weighted by atomic mass is 10.1. The van der Waals surface area contributed by atoms with E-state index in [0.717, 1.165) is 5.56 Å². The smallest absolute Gasteiger partial charge is 0.253 e. The lowest BCUT2D eigenvalue weighted by Crippen LogP contribution is -2.30. The number of nitrogens with zero attached hydrogens (tertiary/aromatic N) is 2. The van der Waals surface area contributed by atoms with Gasteiger partial charge in [0.05, 0.1) is 0 Å². The van der Waals surface area contributed by atoms with Crippen LogP contribution in [-0.2, 0) is 11.3 Å². The quantitative estimate of drug-likeness (QED) is 0.876. The van der Waals surface area contributed by atoms with Crippen molar-refractivity contribution in [1.29, 1.82) is 0 Å². The highest BCUT2D eigenvalue weighted by Gasteiger charge is 2.12. The molecule has 1 aromatic carbocycles. The summed E-state index contributed by atoms with van der Waals surface area (Å²) in [5, 5.41) is 2.73. The van der Waals surface area contributed by atoms with Crippen molar-refractivity contribution in [3.05, 3.63) is 64.1 Å². The number of aryl methyl sites for hydroxylation is 1. The molecule has 6 nitrogen and oxygen atoms in total. The first-order valence-corrected chi connectivity index (χ1v) is 8.30. The molecule has 1 aromatic heterocycles. The first kappa shape index (κ1) is 18.4. The standard InChI is InChI=1S/C19H23N3O3/c1-4-21(5-2)19(25)15-6-8-16(9-7-15)20-17(23)13-22-11-10-14(3)12-18(22)24/h6-12H,4-5,13H2,1-3H3,(H,20,23). The van der Waals surface area contributed by atoms with Crippen molar-refractivity contribution in [2.24, 2.45) is 0 Å². The first-order valence-electron chi connectivity index (χ1n) is 8.30. The van der Waals surface area contributed by atoms with Gasteiger partial charge in [-0.05, 0) is 56.7 Å². The van der Waals surface area contributed by atoms with Crippen molar-refractivity contribution in [2.75, 3.05) is 18.4 Å². The van der Waals surface area contributed by atoms with E-state index >= 15 is 0 Å². The number of carbonyl (C=O) groups is 2. The maximum atomic E-state index is 12.2.